The summed E-state index contributed by atoms with van der Waals surface area (Å²) in [5, 5.41) is 11.0. The Hall–Kier alpha value is -4.58. The maximum Gasteiger partial charge on any atom is 0.336 e. The number of amides is 4. The van der Waals surface area contributed by atoms with Crippen molar-refractivity contribution in [2.24, 2.45) is 0 Å². The van der Waals surface area contributed by atoms with E-state index in [1.165, 1.54) is 12.1 Å². The second-order valence-corrected chi connectivity index (χ2v) is 7.26. The van der Waals surface area contributed by atoms with Crippen molar-refractivity contribution >= 4 is 29.6 Å². The van der Waals surface area contributed by atoms with Gasteiger partial charge in [-0.2, -0.15) is 5.26 Å². The highest BCUT2D eigenvalue weighted by atomic mass is 16.5. The number of barbiturate groups is 1. The topological polar surface area (TPSA) is 118 Å². The van der Waals surface area contributed by atoms with Crippen LogP contribution in [0.25, 0.3) is 6.08 Å². The van der Waals surface area contributed by atoms with Crippen LogP contribution in [0.5, 0.6) is 17.2 Å². The van der Waals surface area contributed by atoms with Crippen molar-refractivity contribution in [3.63, 3.8) is 0 Å². The molecule has 0 unspecified atom stereocenters. The molecular formula is C26H25N3O6. The largest absolute Gasteiger partial charge is 0.494 e. The molecule has 1 N–H and O–H groups in total. The molecule has 4 amide bonds. The predicted octanol–water partition coefficient (Wildman–Crippen LogP) is 3.78. The van der Waals surface area contributed by atoms with Crippen molar-refractivity contribution in [3.05, 3.63) is 65.8 Å². The summed E-state index contributed by atoms with van der Waals surface area (Å²) in [6.07, 6.45) is 3.51. The van der Waals surface area contributed by atoms with Gasteiger partial charge in [-0.3, -0.25) is 14.9 Å². The number of hydrogen-bond donors (Lipinski definition) is 1. The van der Waals surface area contributed by atoms with Gasteiger partial charge in [0, 0.05) is 6.07 Å². The number of nitrogens with one attached hydrogen (secondary N) is 1. The zero-order chi connectivity index (χ0) is 25.4. The molecule has 2 aromatic carbocycles. The van der Waals surface area contributed by atoms with Crippen LogP contribution in [-0.2, 0) is 16.0 Å². The molecular weight excluding hydrogens is 450 g/mol. The van der Waals surface area contributed by atoms with Crippen LogP contribution in [0.4, 0.5) is 10.5 Å². The average molecular weight is 476 g/mol. The van der Waals surface area contributed by atoms with Gasteiger partial charge in [0.15, 0.2) is 6.61 Å². The van der Waals surface area contributed by atoms with E-state index in [9.17, 15) is 14.4 Å². The maximum absolute atomic E-state index is 13.4. The Morgan fingerprint density at radius 1 is 1.03 bits per heavy atom. The number of anilines is 1. The van der Waals surface area contributed by atoms with Crippen molar-refractivity contribution < 1.29 is 28.6 Å². The number of imide groups is 2. The minimum atomic E-state index is -0.889. The van der Waals surface area contributed by atoms with Crippen molar-refractivity contribution in [1.29, 1.82) is 5.26 Å². The Kier molecular flexibility index (Phi) is 8.24. The summed E-state index contributed by atoms with van der Waals surface area (Å²) >= 11 is 0. The number of hydrogen-bond acceptors (Lipinski definition) is 7. The normalized spacial score (nSPS) is 14.4. The van der Waals surface area contributed by atoms with Gasteiger partial charge in [0.2, 0.25) is 0 Å². The molecule has 1 aliphatic heterocycles. The molecule has 1 heterocycles. The van der Waals surface area contributed by atoms with E-state index < -0.39 is 17.8 Å². The van der Waals surface area contributed by atoms with E-state index in [0.717, 1.165) is 10.5 Å². The van der Waals surface area contributed by atoms with Crippen LogP contribution in [0.3, 0.4) is 0 Å². The highest BCUT2D eigenvalue weighted by Crippen LogP contribution is 2.35. The lowest BCUT2D eigenvalue weighted by molar-refractivity contribution is -0.122. The lowest BCUT2D eigenvalue weighted by Gasteiger charge is -2.28. The SMILES string of the molecule is C=CCc1cc(/C=C2\C(=O)NC(=O)N(c3cc(OCC)ccc3OCC)C2=O)ccc1OCC#N. The summed E-state index contributed by atoms with van der Waals surface area (Å²) in [5.74, 6) is -0.385. The van der Waals surface area contributed by atoms with E-state index >= 15 is 0 Å². The van der Waals surface area contributed by atoms with Gasteiger partial charge in [0.05, 0.1) is 18.9 Å². The molecule has 3 rings (SSSR count). The second kappa shape index (κ2) is 11.5. The highest BCUT2D eigenvalue weighted by molar-refractivity contribution is 6.39. The molecule has 2 aromatic rings. The minimum Gasteiger partial charge on any atom is -0.494 e. The quantitative estimate of drug-likeness (QED) is 0.316. The number of rotatable bonds is 10. The van der Waals surface area contributed by atoms with Crippen LogP contribution < -0.4 is 24.4 Å². The summed E-state index contributed by atoms with van der Waals surface area (Å²) in [5.41, 5.74) is 1.19. The standard InChI is InChI=1S/C26H25N3O6/c1-4-7-18-14-17(8-10-22(18)35-13-12-27)15-20-24(30)28-26(32)29(25(20)31)21-16-19(33-5-2)9-11-23(21)34-6-3/h4,8-11,14-16H,1,5-7,13H2,2-3H3,(H,28,30,32)/b20-15+. The number of ether oxygens (including phenoxy) is 3. The van der Waals surface area contributed by atoms with Crippen LogP contribution in [0.15, 0.2) is 54.6 Å². The number of carbonyl (C=O) groups is 3. The van der Waals surface area contributed by atoms with Gasteiger partial charge in [-0.25, -0.2) is 9.69 Å². The molecule has 9 nitrogen and oxygen atoms in total. The fourth-order valence-electron chi connectivity index (χ4n) is 3.50. The lowest BCUT2D eigenvalue weighted by atomic mass is 10.0. The van der Waals surface area contributed by atoms with Gasteiger partial charge in [0.25, 0.3) is 11.8 Å². The molecule has 1 saturated heterocycles. The van der Waals surface area contributed by atoms with Gasteiger partial charge >= 0.3 is 6.03 Å². The number of allylic oxidation sites excluding steroid dienone is 1. The van der Waals surface area contributed by atoms with Crippen LogP contribution in [0.2, 0.25) is 0 Å². The van der Waals surface area contributed by atoms with Crippen LogP contribution in [0, 0.1) is 11.3 Å². The van der Waals surface area contributed by atoms with Gasteiger partial charge in [-0.15, -0.1) is 6.58 Å². The second-order valence-electron chi connectivity index (χ2n) is 7.26. The third kappa shape index (κ3) is 5.68. The minimum absolute atomic E-state index is 0.120. The Balaban J connectivity index is 2.04. The third-order valence-electron chi connectivity index (χ3n) is 4.94. The summed E-state index contributed by atoms with van der Waals surface area (Å²) in [4.78, 5) is 39.6. The van der Waals surface area contributed by atoms with Crippen LogP contribution >= 0.6 is 0 Å². The van der Waals surface area contributed by atoms with E-state index in [2.05, 4.69) is 11.9 Å². The molecule has 1 fully saturated rings. The van der Waals surface area contributed by atoms with Crippen molar-refractivity contribution in [1.82, 2.24) is 5.32 Å². The molecule has 1 aliphatic rings. The van der Waals surface area contributed by atoms with Crippen LogP contribution in [0.1, 0.15) is 25.0 Å². The molecule has 0 spiro atoms. The summed E-state index contributed by atoms with van der Waals surface area (Å²) in [6, 6.07) is 10.8. The first-order chi connectivity index (χ1) is 16.9. The van der Waals surface area contributed by atoms with E-state index in [1.807, 2.05) is 13.0 Å². The van der Waals surface area contributed by atoms with Crippen molar-refractivity contribution in [2.75, 3.05) is 24.7 Å². The van der Waals surface area contributed by atoms with E-state index in [-0.39, 0.29) is 17.9 Å². The molecule has 0 saturated carbocycles. The summed E-state index contributed by atoms with van der Waals surface area (Å²) in [6.45, 7) is 7.88. The predicted molar refractivity (Wildman–Crippen MR) is 129 cm³/mol. The van der Waals surface area contributed by atoms with Crippen molar-refractivity contribution in [2.45, 2.75) is 20.3 Å². The molecule has 0 aromatic heterocycles. The number of urea groups is 1. The van der Waals surface area contributed by atoms with Gasteiger partial charge in [0.1, 0.15) is 28.9 Å². The van der Waals surface area contributed by atoms with Crippen molar-refractivity contribution in [3.8, 4) is 23.3 Å². The van der Waals surface area contributed by atoms with E-state index in [4.69, 9.17) is 19.5 Å². The average Bonchev–Trinajstić information content (AvgIpc) is 2.83. The monoisotopic (exact) mass is 475 g/mol. The van der Waals surface area contributed by atoms with E-state index in [1.54, 1.807) is 43.3 Å². The fourth-order valence-corrected chi connectivity index (χ4v) is 3.50. The zero-order valence-electron chi connectivity index (χ0n) is 19.5. The molecule has 35 heavy (non-hydrogen) atoms. The molecule has 180 valence electrons. The number of carbonyl (C=O) groups excluding carboxylic acids is 3. The number of nitrogens with zero attached hydrogens (tertiary/aromatic N) is 2. The first-order valence-electron chi connectivity index (χ1n) is 11.0. The smallest absolute Gasteiger partial charge is 0.336 e. The molecule has 0 atom stereocenters. The van der Waals surface area contributed by atoms with E-state index in [0.29, 0.717) is 42.4 Å². The number of nitriles is 1. The third-order valence-corrected chi connectivity index (χ3v) is 4.94. The number of benzene rings is 2. The Morgan fingerprint density at radius 2 is 1.77 bits per heavy atom. The first kappa shape index (κ1) is 25.1. The molecule has 0 radical (unpaired) electrons. The van der Waals surface area contributed by atoms with Gasteiger partial charge < -0.3 is 14.2 Å². The highest BCUT2D eigenvalue weighted by Gasteiger charge is 2.38. The van der Waals surface area contributed by atoms with Gasteiger partial charge in [-0.1, -0.05) is 12.1 Å². The summed E-state index contributed by atoms with van der Waals surface area (Å²) in [7, 11) is 0. The zero-order valence-corrected chi connectivity index (χ0v) is 19.5. The Morgan fingerprint density at radius 3 is 2.46 bits per heavy atom. The molecule has 9 heteroatoms. The maximum atomic E-state index is 13.4. The Bertz CT molecular complexity index is 1230. The first-order valence-corrected chi connectivity index (χ1v) is 11.0. The summed E-state index contributed by atoms with van der Waals surface area (Å²) < 4.78 is 16.5. The van der Waals surface area contributed by atoms with Crippen LogP contribution in [-0.4, -0.2) is 37.7 Å². The Labute approximate surface area is 203 Å². The van der Waals surface area contributed by atoms with Gasteiger partial charge in [-0.05, 0) is 61.7 Å². The molecule has 0 aliphatic carbocycles. The molecule has 0 bridgehead atoms. The fraction of sp³-hybridized carbons (Fsp3) is 0.231. The lowest BCUT2D eigenvalue weighted by Crippen LogP contribution is -2.54.